The average molecular weight is 477 g/mol. The van der Waals surface area contributed by atoms with Crippen molar-refractivity contribution in [1.82, 2.24) is 9.88 Å². The Morgan fingerprint density at radius 2 is 2.11 bits per heavy atom. The summed E-state index contributed by atoms with van der Waals surface area (Å²) in [7, 11) is 1.59. The van der Waals surface area contributed by atoms with E-state index in [1.807, 2.05) is 23.1 Å². The van der Waals surface area contributed by atoms with Gasteiger partial charge >= 0.3 is 5.97 Å². The second-order valence-electron chi connectivity index (χ2n) is 8.89. The normalized spacial score (nSPS) is 19.1. The molecule has 4 rings (SSSR count). The summed E-state index contributed by atoms with van der Waals surface area (Å²) in [5.41, 5.74) is 1.88. The molecule has 0 amide bonds. The zero-order valence-corrected chi connectivity index (χ0v) is 19.7. The maximum Gasteiger partial charge on any atom is 0.308 e. The van der Waals surface area contributed by atoms with Crippen LogP contribution >= 0.6 is 0 Å². The number of aliphatic hydroxyl groups excluding tert-OH is 1. The van der Waals surface area contributed by atoms with Crippen molar-refractivity contribution in [2.24, 2.45) is 11.8 Å². The fourth-order valence-corrected chi connectivity index (χ4v) is 4.74. The number of fused-ring (bicyclic) bond motifs is 1. The Balaban J connectivity index is 1.38. The number of nitrogens with zero attached hydrogens (tertiary/aromatic N) is 2. The van der Waals surface area contributed by atoms with Gasteiger partial charge < -0.3 is 14.9 Å². The van der Waals surface area contributed by atoms with Crippen LogP contribution < -0.4 is 4.74 Å². The number of hydrogen-bond donors (Lipinski definition) is 2. The first kappa shape index (κ1) is 24.6. The van der Waals surface area contributed by atoms with Gasteiger partial charge in [0.25, 0.3) is 0 Å². The van der Waals surface area contributed by atoms with Gasteiger partial charge in [-0.15, -0.1) is 0 Å². The van der Waals surface area contributed by atoms with Gasteiger partial charge in [-0.3, -0.25) is 14.7 Å². The number of rotatable bonds is 7. The van der Waals surface area contributed by atoms with Crippen LogP contribution in [0.25, 0.3) is 10.9 Å². The van der Waals surface area contributed by atoms with Gasteiger partial charge in [0.05, 0.1) is 36.8 Å². The third-order valence-corrected chi connectivity index (χ3v) is 6.71. The number of pyridine rings is 1. The summed E-state index contributed by atoms with van der Waals surface area (Å²) in [5, 5.41) is 21.6. The minimum Gasteiger partial charge on any atom is -0.497 e. The molecule has 3 aromatic rings. The van der Waals surface area contributed by atoms with Crippen molar-refractivity contribution >= 4 is 16.9 Å². The summed E-state index contributed by atoms with van der Waals surface area (Å²) in [4.78, 5) is 18.4. The first-order chi connectivity index (χ1) is 17.0. The van der Waals surface area contributed by atoms with Gasteiger partial charge in [-0.05, 0) is 73.7 Å². The lowest BCUT2D eigenvalue weighted by Crippen LogP contribution is -2.44. The number of benzene rings is 2. The van der Waals surface area contributed by atoms with Gasteiger partial charge in [-0.1, -0.05) is 24.0 Å². The van der Waals surface area contributed by atoms with Crippen molar-refractivity contribution in [2.45, 2.75) is 25.4 Å². The largest absolute Gasteiger partial charge is 0.497 e. The minimum absolute atomic E-state index is 0.0411. The number of aliphatic hydroxyl groups is 1. The summed E-state index contributed by atoms with van der Waals surface area (Å²) in [6.07, 6.45) is 2.70. The van der Waals surface area contributed by atoms with Crippen LogP contribution in [-0.2, 0) is 4.79 Å². The Labute approximate surface area is 204 Å². The number of likely N-dealkylation sites (tertiary alicyclic amines) is 1. The van der Waals surface area contributed by atoms with E-state index in [1.165, 1.54) is 6.07 Å². The van der Waals surface area contributed by atoms with E-state index >= 15 is 0 Å². The number of aromatic nitrogens is 1. The fraction of sp³-hybridized carbons (Fsp3) is 0.357. The molecule has 1 fully saturated rings. The van der Waals surface area contributed by atoms with Crippen molar-refractivity contribution < 1.29 is 24.1 Å². The molecule has 1 aliphatic heterocycles. The van der Waals surface area contributed by atoms with E-state index in [2.05, 4.69) is 16.8 Å². The standard InChI is InChI=1S/C28H29FN2O4/c1-35-21-9-10-26-23(17-21)22(12-14-30-26)27(32)11-8-19-13-16-31(18-24(19)28(33)34)15-4-6-20-5-2-3-7-25(20)29/h2-3,5,7,9-10,12,14,17,19,24,27,32H,8,11,13,15-16,18H2,1H3,(H,33,34)/t19-,24+,27-/m1/s1. The molecular weight excluding hydrogens is 447 g/mol. The molecule has 1 saturated heterocycles. The summed E-state index contributed by atoms with van der Waals surface area (Å²) >= 11 is 0. The zero-order valence-electron chi connectivity index (χ0n) is 19.7. The van der Waals surface area contributed by atoms with Gasteiger partial charge in [0, 0.05) is 18.1 Å². The zero-order chi connectivity index (χ0) is 24.8. The summed E-state index contributed by atoms with van der Waals surface area (Å²) < 4.78 is 19.1. The van der Waals surface area contributed by atoms with Crippen LogP contribution in [0.4, 0.5) is 4.39 Å². The summed E-state index contributed by atoms with van der Waals surface area (Å²) in [6.45, 7) is 1.49. The predicted molar refractivity (Wildman–Crippen MR) is 131 cm³/mol. The van der Waals surface area contributed by atoms with Gasteiger partial charge in [-0.2, -0.15) is 0 Å². The van der Waals surface area contributed by atoms with Crippen LogP contribution in [0.5, 0.6) is 5.75 Å². The molecule has 35 heavy (non-hydrogen) atoms. The number of methoxy groups -OCH3 is 1. The second kappa shape index (κ2) is 11.3. The topological polar surface area (TPSA) is 82.9 Å². The SMILES string of the molecule is COc1ccc2nccc([C@H](O)CC[C@@H]3CCN(CC#Cc4ccccc4F)C[C@@H]3C(=O)O)c2c1. The van der Waals surface area contributed by atoms with Crippen molar-refractivity contribution in [1.29, 1.82) is 0 Å². The van der Waals surface area contributed by atoms with Gasteiger partial charge in [0.2, 0.25) is 0 Å². The highest BCUT2D eigenvalue weighted by Crippen LogP contribution is 2.33. The molecule has 1 aromatic heterocycles. The Morgan fingerprint density at radius 1 is 1.29 bits per heavy atom. The molecule has 1 aliphatic rings. The lowest BCUT2D eigenvalue weighted by atomic mass is 9.81. The maximum atomic E-state index is 13.7. The quantitative estimate of drug-likeness (QED) is 0.496. The molecular formula is C28H29FN2O4. The monoisotopic (exact) mass is 476 g/mol. The Morgan fingerprint density at radius 3 is 2.89 bits per heavy atom. The average Bonchev–Trinajstić information content (AvgIpc) is 2.88. The number of halogens is 1. The minimum atomic E-state index is -0.838. The molecule has 2 N–H and O–H groups in total. The molecule has 0 spiro atoms. The molecule has 0 bridgehead atoms. The van der Waals surface area contributed by atoms with E-state index in [-0.39, 0.29) is 11.7 Å². The van der Waals surface area contributed by atoms with Crippen molar-refractivity contribution in [3.05, 3.63) is 71.7 Å². The number of aliphatic carboxylic acids is 1. The second-order valence-corrected chi connectivity index (χ2v) is 8.89. The van der Waals surface area contributed by atoms with Crippen LogP contribution in [0.15, 0.2) is 54.7 Å². The molecule has 2 heterocycles. The number of carbonyl (C=O) groups is 1. The van der Waals surface area contributed by atoms with E-state index in [0.717, 1.165) is 16.5 Å². The number of carboxylic acid groups (broad SMARTS) is 1. The van der Waals surface area contributed by atoms with Gasteiger partial charge in [-0.25, -0.2) is 4.39 Å². The van der Waals surface area contributed by atoms with Crippen LogP contribution in [-0.4, -0.2) is 52.8 Å². The van der Waals surface area contributed by atoms with Gasteiger partial charge in [0.15, 0.2) is 0 Å². The molecule has 0 unspecified atom stereocenters. The lowest BCUT2D eigenvalue weighted by Gasteiger charge is -2.36. The Kier molecular flexibility index (Phi) is 7.96. The van der Waals surface area contributed by atoms with E-state index in [0.29, 0.717) is 50.2 Å². The highest BCUT2D eigenvalue weighted by molar-refractivity contribution is 5.83. The van der Waals surface area contributed by atoms with Crippen molar-refractivity contribution in [2.75, 3.05) is 26.7 Å². The number of piperidine rings is 1. The van der Waals surface area contributed by atoms with E-state index in [1.54, 1.807) is 37.6 Å². The highest BCUT2D eigenvalue weighted by atomic mass is 19.1. The molecule has 0 saturated carbocycles. The molecule has 2 aromatic carbocycles. The molecule has 7 heteroatoms. The van der Waals surface area contributed by atoms with Crippen molar-refractivity contribution in [3.63, 3.8) is 0 Å². The Hall–Kier alpha value is -3.47. The predicted octanol–water partition coefficient (Wildman–Crippen LogP) is 4.27. The van der Waals surface area contributed by atoms with Crippen LogP contribution in [0.3, 0.4) is 0 Å². The van der Waals surface area contributed by atoms with Crippen molar-refractivity contribution in [3.8, 4) is 17.6 Å². The molecule has 182 valence electrons. The first-order valence-electron chi connectivity index (χ1n) is 11.8. The first-order valence-corrected chi connectivity index (χ1v) is 11.8. The third-order valence-electron chi connectivity index (χ3n) is 6.71. The van der Waals surface area contributed by atoms with E-state index < -0.39 is 18.0 Å². The molecule has 0 radical (unpaired) electrons. The maximum absolute atomic E-state index is 13.7. The van der Waals surface area contributed by atoms with Gasteiger partial charge in [0.1, 0.15) is 11.6 Å². The summed E-state index contributed by atoms with van der Waals surface area (Å²) in [5.74, 6) is 4.72. The number of carboxylic acids is 1. The van der Waals surface area contributed by atoms with E-state index in [9.17, 15) is 19.4 Å². The highest BCUT2D eigenvalue weighted by Gasteiger charge is 2.34. The summed E-state index contributed by atoms with van der Waals surface area (Å²) in [6, 6.07) is 13.7. The van der Waals surface area contributed by atoms with Crippen LogP contribution in [0, 0.1) is 29.5 Å². The Bertz CT molecular complexity index is 1250. The molecule has 0 aliphatic carbocycles. The molecule has 3 atom stereocenters. The fourth-order valence-electron chi connectivity index (χ4n) is 4.74. The third kappa shape index (κ3) is 5.97. The number of hydrogen-bond acceptors (Lipinski definition) is 5. The molecule has 6 nitrogen and oxygen atoms in total. The van der Waals surface area contributed by atoms with E-state index in [4.69, 9.17) is 4.74 Å². The smallest absolute Gasteiger partial charge is 0.308 e. The van der Waals surface area contributed by atoms with Crippen LogP contribution in [0.1, 0.15) is 36.5 Å². The number of ether oxygens (including phenoxy) is 1. The lowest BCUT2D eigenvalue weighted by molar-refractivity contribution is -0.146. The van der Waals surface area contributed by atoms with Crippen LogP contribution in [0.2, 0.25) is 0 Å².